The number of aromatic nitrogens is 2. The first kappa shape index (κ1) is 12.3. The highest BCUT2D eigenvalue weighted by Gasteiger charge is 2.09. The van der Waals surface area contributed by atoms with Crippen LogP contribution in [-0.2, 0) is 11.2 Å². The van der Waals surface area contributed by atoms with Crippen LogP contribution in [0.3, 0.4) is 0 Å². The van der Waals surface area contributed by atoms with E-state index < -0.39 is 5.97 Å². The Balaban J connectivity index is 2.23. The topological polar surface area (TPSA) is 75.2 Å². The first-order chi connectivity index (χ1) is 8.70. The van der Waals surface area contributed by atoms with Gasteiger partial charge in [0.25, 0.3) is 0 Å². The fourth-order valence-corrected chi connectivity index (χ4v) is 1.69. The van der Waals surface area contributed by atoms with Crippen molar-refractivity contribution in [2.75, 3.05) is 13.7 Å². The molecule has 1 heterocycles. The van der Waals surface area contributed by atoms with E-state index in [1.807, 2.05) is 24.3 Å². The van der Waals surface area contributed by atoms with Gasteiger partial charge in [0.2, 0.25) is 0 Å². The van der Waals surface area contributed by atoms with Gasteiger partial charge >= 0.3 is 5.97 Å². The second-order valence-electron chi connectivity index (χ2n) is 3.92. The number of rotatable bonds is 5. The molecule has 0 unspecified atom stereocenters. The molecular formula is C13H14N2O3. The number of nitrogens with zero attached hydrogens (tertiary/aromatic N) is 1. The van der Waals surface area contributed by atoms with Gasteiger partial charge in [-0.05, 0) is 24.1 Å². The van der Waals surface area contributed by atoms with Gasteiger partial charge < -0.3 is 9.84 Å². The molecule has 0 saturated carbocycles. The number of ether oxygens (including phenoxy) is 1. The highest BCUT2D eigenvalue weighted by Crippen LogP contribution is 2.19. The van der Waals surface area contributed by atoms with Gasteiger partial charge in [0, 0.05) is 12.7 Å². The van der Waals surface area contributed by atoms with E-state index >= 15 is 0 Å². The van der Waals surface area contributed by atoms with Crippen molar-refractivity contribution in [2.45, 2.75) is 6.42 Å². The van der Waals surface area contributed by atoms with Crippen LogP contribution >= 0.6 is 0 Å². The van der Waals surface area contributed by atoms with Crippen molar-refractivity contribution in [1.82, 2.24) is 10.2 Å². The fourth-order valence-electron chi connectivity index (χ4n) is 1.69. The maximum Gasteiger partial charge on any atom is 0.353 e. The number of carbonyl (C=O) groups is 1. The fraction of sp³-hybridized carbons (Fsp3) is 0.231. The number of hydrogen-bond donors (Lipinski definition) is 2. The predicted octanol–water partition coefficient (Wildman–Crippen LogP) is 1.96. The smallest absolute Gasteiger partial charge is 0.353 e. The molecular weight excluding hydrogens is 232 g/mol. The molecule has 0 radical (unpaired) electrons. The van der Waals surface area contributed by atoms with Crippen molar-refractivity contribution in [2.24, 2.45) is 0 Å². The number of carboxylic acid groups (broad SMARTS) is 1. The van der Waals surface area contributed by atoms with Crippen LogP contribution in [0.1, 0.15) is 16.1 Å². The van der Waals surface area contributed by atoms with Crippen LogP contribution < -0.4 is 0 Å². The zero-order chi connectivity index (χ0) is 13.0. The number of methoxy groups -OCH3 is 1. The molecule has 0 aliphatic rings. The third-order valence-corrected chi connectivity index (χ3v) is 2.63. The average Bonchev–Trinajstić information content (AvgIpc) is 2.86. The Morgan fingerprint density at radius 3 is 2.94 bits per heavy atom. The largest absolute Gasteiger partial charge is 0.477 e. The second kappa shape index (κ2) is 5.46. The number of aromatic amines is 1. The van der Waals surface area contributed by atoms with Crippen LogP contribution in [0.4, 0.5) is 0 Å². The van der Waals surface area contributed by atoms with Crippen molar-refractivity contribution < 1.29 is 14.6 Å². The van der Waals surface area contributed by atoms with E-state index in [1.165, 1.54) is 6.07 Å². The monoisotopic (exact) mass is 246 g/mol. The molecule has 1 aromatic carbocycles. The molecule has 0 saturated heterocycles. The highest BCUT2D eigenvalue weighted by molar-refractivity contribution is 5.86. The Labute approximate surface area is 104 Å². The Bertz CT molecular complexity index is 549. The number of hydrogen-bond acceptors (Lipinski definition) is 3. The minimum absolute atomic E-state index is 0.0901. The van der Waals surface area contributed by atoms with Gasteiger partial charge in [-0.3, -0.25) is 5.10 Å². The number of nitrogens with one attached hydrogen (secondary N) is 1. The van der Waals surface area contributed by atoms with Crippen LogP contribution in [0.15, 0.2) is 30.3 Å². The van der Waals surface area contributed by atoms with E-state index in [1.54, 1.807) is 7.11 Å². The third-order valence-electron chi connectivity index (χ3n) is 2.63. The quantitative estimate of drug-likeness (QED) is 0.845. The molecule has 2 rings (SSSR count). The summed E-state index contributed by atoms with van der Waals surface area (Å²) in [7, 11) is 1.66. The van der Waals surface area contributed by atoms with Crippen LogP contribution in [0, 0.1) is 0 Å². The molecule has 2 aromatic rings. The van der Waals surface area contributed by atoms with Gasteiger partial charge in [-0.15, -0.1) is 0 Å². The average molecular weight is 246 g/mol. The number of benzene rings is 1. The van der Waals surface area contributed by atoms with Gasteiger partial charge in [0.1, 0.15) is 5.69 Å². The normalized spacial score (nSPS) is 10.5. The third kappa shape index (κ3) is 2.75. The zero-order valence-electron chi connectivity index (χ0n) is 10.0. The van der Waals surface area contributed by atoms with Crippen LogP contribution in [0.25, 0.3) is 11.3 Å². The summed E-state index contributed by atoms with van der Waals surface area (Å²) in [4.78, 5) is 10.8. The van der Waals surface area contributed by atoms with Crippen molar-refractivity contribution in [3.05, 3.63) is 41.6 Å². The van der Waals surface area contributed by atoms with Gasteiger partial charge in [-0.2, -0.15) is 5.10 Å². The van der Waals surface area contributed by atoms with E-state index in [0.29, 0.717) is 12.3 Å². The molecule has 0 atom stereocenters. The molecule has 0 amide bonds. The van der Waals surface area contributed by atoms with Gasteiger partial charge in [-0.25, -0.2) is 4.79 Å². The summed E-state index contributed by atoms with van der Waals surface area (Å²) in [5, 5.41) is 15.3. The lowest BCUT2D eigenvalue weighted by Gasteiger charge is -2.02. The molecule has 5 heteroatoms. The summed E-state index contributed by atoms with van der Waals surface area (Å²) >= 11 is 0. The molecule has 0 aliphatic heterocycles. The lowest BCUT2D eigenvalue weighted by molar-refractivity contribution is 0.0690. The highest BCUT2D eigenvalue weighted by atomic mass is 16.5. The van der Waals surface area contributed by atoms with E-state index in [4.69, 9.17) is 9.84 Å². The van der Waals surface area contributed by atoms with Crippen LogP contribution in [0.5, 0.6) is 0 Å². The van der Waals surface area contributed by atoms with E-state index in [9.17, 15) is 4.79 Å². The standard InChI is InChI=1S/C13H14N2O3/c1-18-6-5-9-3-2-4-10(7-9)11-8-12(13(16)17)15-14-11/h2-4,7-8H,5-6H2,1H3,(H,14,15)(H,16,17). The molecule has 0 bridgehead atoms. The zero-order valence-corrected chi connectivity index (χ0v) is 10.0. The molecule has 18 heavy (non-hydrogen) atoms. The van der Waals surface area contributed by atoms with Crippen LogP contribution in [-0.4, -0.2) is 35.0 Å². The molecule has 2 N–H and O–H groups in total. The number of aromatic carboxylic acids is 1. The van der Waals surface area contributed by atoms with Gasteiger partial charge in [-0.1, -0.05) is 18.2 Å². The van der Waals surface area contributed by atoms with Crippen LogP contribution in [0.2, 0.25) is 0 Å². The van der Waals surface area contributed by atoms with E-state index in [0.717, 1.165) is 17.5 Å². The second-order valence-corrected chi connectivity index (χ2v) is 3.92. The molecule has 0 aliphatic carbocycles. The molecule has 94 valence electrons. The SMILES string of the molecule is COCCc1cccc(-c2cc(C(=O)O)[nH]n2)c1. The van der Waals surface area contributed by atoms with Crippen molar-refractivity contribution in [3.8, 4) is 11.3 Å². The molecule has 1 aromatic heterocycles. The molecule has 0 spiro atoms. The maximum absolute atomic E-state index is 10.8. The van der Waals surface area contributed by atoms with Crippen molar-refractivity contribution in [3.63, 3.8) is 0 Å². The molecule has 0 fully saturated rings. The molecule has 5 nitrogen and oxygen atoms in total. The van der Waals surface area contributed by atoms with Crippen molar-refractivity contribution in [1.29, 1.82) is 0 Å². The first-order valence-corrected chi connectivity index (χ1v) is 5.57. The number of carboxylic acids is 1. The van der Waals surface area contributed by atoms with Gasteiger partial charge in [0.05, 0.1) is 12.3 Å². The Morgan fingerprint density at radius 1 is 1.44 bits per heavy atom. The summed E-state index contributed by atoms with van der Waals surface area (Å²) in [6.45, 7) is 0.657. The van der Waals surface area contributed by atoms with Gasteiger partial charge in [0.15, 0.2) is 0 Å². The number of H-pyrrole nitrogens is 1. The van der Waals surface area contributed by atoms with Crippen molar-refractivity contribution >= 4 is 5.97 Å². The summed E-state index contributed by atoms with van der Waals surface area (Å²) < 4.78 is 5.03. The summed E-state index contributed by atoms with van der Waals surface area (Å²) in [6.07, 6.45) is 0.820. The Hall–Kier alpha value is -2.14. The lowest BCUT2D eigenvalue weighted by Crippen LogP contribution is -1.95. The minimum Gasteiger partial charge on any atom is -0.477 e. The lowest BCUT2D eigenvalue weighted by atomic mass is 10.1. The first-order valence-electron chi connectivity index (χ1n) is 5.57. The minimum atomic E-state index is -1.01. The maximum atomic E-state index is 10.8. The summed E-state index contributed by atoms with van der Waals surface area (Å²) in [5.74, 6) is -1.01. The Morgan fingerprint density at radius 2 is 2.28 bits per heavy atom. The van der Waals surface area contributed by atoms with E-state index in [-0.39, 0.29) is 5.69 Å². The Kier molecular flexibility index (Phi) is 3.74. The predicted molar refractivity (Wildman–Crippen MR) is 66.6 cm³/mol. The summed E-state index contributed by atoms with van der Waals surface area (Å²) in [6, 6.07) is 9.35. The van der Waals surface area contributed by atoms with E-state index in [2.05, 4.69) is 10.2 Å². The summed E-state index contributed by atoms with van der Waals surface area (Å²) in [5.41, 5.74) is 2.75.